The molecule has 0 radical (unpaired) electrons. The molecular formula is C14H28N2O3. The van der Waals surface area contributed by atoms with Crippen molar-refractivity contribution in [2.75, 3.05) is 13.1 Å². The maximum absolute atomic E-state index is 11.5. The Morgan fingerprint density at radius 3 is 2.47 bits per heavy atom. The molecule has 1 unspecified atom stereocenters. The van der Waals surface area contributed by atoms with Crippen molar-refractivity contribution in [3.8, 4) is 0 Å². The molecule has 0 aliphatic heterocycles. The van der Waals surface area contributed by atoms with Crippen molar-refractivity contribution in [1.82, 2.24) is 10.6 Å². The average Bonchev–Trinajstić information content (AvgIpc) is 2.69. The first-order chi connectivity index (χ1) is 8.70. The van der Waals surface area contributed by atoms with Crippen LogP contribution in [-0.2, 0) is 4.74 Å². The van der Waals surface area contributed by atoms with Crippen LogP contribution in [0.5, 0.6) is 0 Å². The first kappa shape index (κ1) is 16.2. The van der Waals surface area contributed by atoms with Crippen molar-refractivity contribution in [2.24, 2.45) is 0 Å². The molecule has 0 heterocycles. The zero-order valence-corrected chi connectivity index (χ0v) is 12.6. The lowest BCUT2D eigenvalue weighted by Gasteiger charge is -2.25. The summed E-state index contributed by atoms with van der Waals surface area (Å²) < 4.78 is 5.16. The van der Waals surface area contributed by atoms with Crippen molar-refractivity contribution in [1.29, 1.82) is 0 Å². The van der Waals surface area contributed by atoms with E-state index in [2.05, 4.69) is 10.6 Å². The minimum absolute atomic E-state index is 0.108. The van der Waals surface area contributed by atoms with E-state index >= 15 is 0 Å². The van der Waals surface area contributed by atoms with Gasteiger partial charge in [-0.1, -0.05) is 12.8 Å². The van der Waals surface area contributed by atoms with E-state index in [1.54, 1.807) is 0 Å². The SMILES string of the molecule is CC(CNC(=O)OC(C)(C)C)NCC1(O)CCCC1. The molecule has 5 nitrogen and oxygen atoms in total. The van der Waals surface area contributed by atoms with E-state index in [-0.39, 0.29) is 6.04 Å². The van der Waals surface area contributed by atoms with Gasteiger partial charge in [0.05, 0.1) is 5.60 Å². The van der Waals surface area contributed by atoms with Gasteiger partial charge in [0.15, 0.2) is 0 Å². The van der Waals surface area contributed by atoms with Gasteiger partial charge in [0.1, 0.15) is 5.60 Å². The molecule has 0 bridgehead atoms. The van der Waals surface area contributed by atoms with Gasteiger partial charge < -0.3 is 20.5 Å². The largest absolute Gasteiger partial charge is 0.444 e. The van der Waals surface area contributed by atoms with Crippen molar-refractivity contribution < 1.29 is 14.6 Å². The van der Waals surface area contributed by atoms with Gasteiger partial charge in [0, 0.05) is 19.1 Å². The van der Waals surface area contributed by atoms with Crippen LogP contribution in [0.1, 0.15) is 53.4 Å². The van der Waals surface area contributed by atoms with Crippen LogP contribution in [0.3, 0.4) is 0 Å². The Bertz CT molecular complexity index is 294. The van der Waals surface area contributed by atoms with Crippen molar-refractivity contribution in [2.45, 2.75) is 70.6 Å². The van der Waals surface area contributed by atoms with E-state index in [0.29, 0.717) is 13.1 Å². The fourth-order valence-electron chi connectivity index (χ4n) is 2.20. The van der Waals surface area contributed by atoms with Gasteiger partial charge in [-0.25, -0.2) is 4.79 Å². The third-order valence-corrected chi connectivity index (χ3v) is 3.27. The number of amides is 1. The summed E-state index contributed by atoms with van der Waals surface area (Å²) in [5, 5.41) is 16.2. The maximum Gasteiger partial charge on any atom is 0.407 e. The molecule has 1 aliphatic carbocycles. The fourth-order valence-corrected chi connectivity index (χ4v) is 2.20. The lowest BCUT2D eigenvalue weighted by atomic mass is 10.0. The number of carbonyl (C=O) groups excluding carboxylic acids is 1. The summed E-state index contributed by atoms with van der Waals surface area (Å²) in [5.74, 6) is 0. The molecule has 1 saturated carbocycles. The van der Waals surface area contributed by atoms with Crippen LogP contribution >= 0.6 is 0 Å². The zero-order chi connectivity index (χ0) is 14.5. The van der Waals surface area contributed by atoms with Crippen LogP contribution in [0.15, 0.2) is 0 Å². The highest BCUT2D eigenvalue weighted by Crippen LogP contribution is 2.28. The highest BCUT2D eigenvalue weighted by molar-refractivity contribution is 5.67. The van der Waals surface area contributed by atoms with E-state index in [1.807, 2.05) is 27.7 Å². The van der Waals surface area contributed by atoms with Gasteiger partial charge >= 0.3 is 6.09 Å². The highest BCUT2D eigenvalue weighted by atomic mass is 16.6. The van der Waals surface area contributed by atoms with Crippen LogP contribution in [0, 0.1) is 0 Å². The Kier molecular flexibility index (Phi) is 5.62. The van der Waals surface area contributed by atoms with Gasteiger partial charge in [0.25, 0.3) is 0 Å². The number of ether oxygens (including phenoxy) is 1. The number of nitrogens with one attached hydrogen (secondary N) is 2. The summed E-state index contributed by atoms with van der Waals surface area (Å²) in [4.78, 5) is 11.5. The predicted molar refractivity (Wildman–Crippen MR) is 75.1 cm³/mol. The van der Waals surface area contributed by atoms with Gasteiger partial charge in [0.2, 0.25) is 0 Å². The lowest BCUT2D eigenvalue weighted by molar-refractivity contribution is 0.0440. The Morgan fingerprint density at radius 2 is 1.95 bits per heavy atom. The third kappa shape index (κ3) is 6.78. The van der Waals surface area contributed by atoms with Crippen molar-refractivity contribution in [3.63, 3.8) is 0 Å². The first-order valence-corrected chi connectivity index (χ1v) is 7.13. The first-order valence-electron chi connectivity index (χ1n) is 7.13. The molecule has 112 valence electrons. The highest BCUT2D eigenvalue weighted by Gasteiger charge is 2.30. The molecule has 0 spiro atoms. The molecule has 5 heteroatoms. The van der Waals surface area contributed by atoms with E-state index < -0.39 is 17.3 Å². The molecule has 1 rings (SSSR count). The normalized spacial score (nSPS) is 20.1. The second-order valence-electron chi connectivity index (χ2n) is 6.60. The number of carbonyl (C=O) groups is 1. The average molecular weight is 272 g/mol. The minimum Gasteiger partial charge on any atom is -0.444 e. The molecule has 1 fully saturated rings. The molecule has 0 saturated heterocycles. The van der Waals surface area contributed by atoms with Crippen molar-refractivity contribution in [3.05, 3.63) is 0 Å². The fraction of sp³-hybridized carbons (Fsp3) is 0.929. The summed E-state index contributed by atoms with van der Waals surface area (Å²) >= 11 is 0. The van der Waals surface area contributed by atoms with Gasteiger partial charge in [-0.15, -0.1) is 0 Å². The number of alkyl carbamates (subject to hydrolysis) is 1. The molecule has 19 heavy (non-hydrogen) atoms. The Hall–Kier alpha value is -0.810. The molecule has 3 N–H and O–H groups in total. The minimum atomic E-state index is -0.555. The number of aliphatic hydroxyl groups is 1. The maximum atomic E-state index is 11.5. The molecule has 0 aromatic heterocycles. The summed E-state index contributed by atoms with van der Waals surface area (Å²) in [6.45, 7) is 8.57. The van der Waals surface area contributed by atoms with Crippen LogP contribution in [0.2, 0.25) is 0 Å². The van der Waals surface area contributed by atoms with Gasteiger partial charge in [-0.3, -0.25) is 0 Å². The van der Waals surface area contributed by atoms with E-state index in [4.69, 9.17) is 4.74 Å². The predicted octanol–water partition coefficient (Wildman–Crippen LogP) is 1.79. The third-order valence-electron chi connectivity index (χ3n) is 3.27. The van der Waals surface area contributed by atoms with E-state index in [0.717, 1.165) is 25.7 Å². The monoisotopic (exact) mass is 272 g/mol. The summed E-state index contributed by atoms with van der Waals surface area (Å²) in [7, 11) is 0. The lowest BCUT2D eigenvalue weighted by Crippen LogP contribution is -2.46. The van der Waals surface area contributed by atoms with E-state index in [9.17, 15) is 9.90 Å². The molecule has 1 amide bonds. The number of rotatable bonds is 5. The molecule has 0 aromatic rings. The number of hydrogen-bond acceptors (Lipinski definition) is 4. The summed E-state index contributed by atoms with van der Waals surface area (Å²) in [6, 6.07) is 0.108. The summed E-state index contributed by atoms with van der Waals surface area (Å²) in [5.41, 5.74) is -1.03. The molecule has 0 aromatic carbocycles. The Morgan fingerprint density at radius 1 is 1.37 bits per heavy atom. The van der Waals surface area contributed by atoms with Crippen LogP contribution in [0.4, 0.5) is 4.79 Å². The number of hydrogen-bond donors (Lipinski definition) is 3. The van der Waals surface area contributed by atoms with E-state index in [1.165, 1.54) is 0 Å². The van der Waals surface area contributed by atoms with Crippen LogP contribution < -0.4 is 10.6 Å². The smallest absolute Gasteiger partial charge is 0.407 e. The molecule has 1 aliphatic rings. The quantitative estimate of drug-likeness (QED) is 0.713. The Labute approximate surface area is 116 Å². The summed E-state index contributed by atoms with van der Waals surface area (Å²) in [6.07, 6.45) is 3.53. The standard InChI is InChI=1S/C14H28N2O3/c1-11(9-15-12(17)19-13(2,3)4)16-10-14(18)7-5-6-8-14/h11,16,18H,5-10H2,1-4H3,(H,15,17). The van der Waals surface area contributed by atoms with Gasteiger partial charge in [-0.2, -0.15) is 0 Å². The topological polar surface area (TPSA) is 70.6 Å². The second-order valence-corrected chi connectivity index (χ2v) is 6.60. The van der Waals surface area contributed by atoms with Crippen LogP contribution in [0.25, 0.3) is 0 Å². The van der Waals surface area contributed by atoms with Gasteiger partial charge in [-0.05, 0) is 40.5 Å². The molecule has 1 atom stereocenters. The zero-order valence-electron chi connectivity index (χ0n) is 12.6. The van der Waals surface area contributed by atoms with Crippen molar-refractivity contribution >= 4 is 6.09 Å². The second kappa shape index (κ2) is 6.57. The van der Waals surface area contributed by atoms with Crippen LogP contribution in [-0.4, -0.2) is 41.5 Å². The molecular weight excluding hydrogens is 244 g/mol. The Balaban J connectivity index is 2.17.